The molecule has 3 unspecified atom stereocenters. The highest BCUT2D eigenvalue weighted by Gasteiger charge is 2.42. The summed E-state index contributed by atoms with van der Waals surface area (Å²) in [6.45, 7) is 13.5. The number of nitrogens with one attached hydrogen (secondary N) is 2. The number of para-hydroxylation sites is 2. The number of halogens is 1. The molecule has 3 rings (SSSR count). The van der Waals surface area contributed by atoms with Gasteiger partial charge in [-0.15, -0.1) is 0 Å². The molecule has 0 aliphatic carbocycles. The van der Waals surface area contributed by atoms with Gasteiger partial charge in [-0.25, -0.2) is 9.37 Å². The molecule has 0 aliphatic rings. The van der Waals surface area contributed by atoms with E-state index in [4.69, 9.17) is 4.43 Å². The molecule has 0 saturated heterocycles. The second kappa shape index (κ2) is 15.0. The Morgan fingerprint density at radius 2 is 1.64 bits per heavy atom. The second-order valence-electron chi connectivity index (χ2n) is 13.5. The van der Waals surface area contributed by atoms with Crippen LogP contribution in [0.15, 0.2) is 60.8 Å². The Balaban J connectivity index is 2.04. The molecule has 3 atom stereocenters. The van der Waals surface area contributed by atoms with Crippen molar-refractivity contribution in [1.82, 2.24) is 20.6 Å². The molecule has 8 nitrogen and oxygen atoms in total. The largest absolute Gasteiger partial charge is 0.412 e. The van der Waals surface area contributed by atoms with Crippen molar-refractivity contribution in [1.29, 1.82) is 0 Å². The van der Waals surface area contributed by atoms with Gasteiger partial charge in [0.25, 0.3) is 5.91 Å². The molecule has 3 aromatic rings. The Morgan fingerprint density at radius 3 is 2.25 bits per heavy atom. The Hall–Kier alpha value is -3.50. The Morgan fingerprint density at radius 1 is 1.00 bits per heavy atom. The van der Waals surface area contributed by atoms with Crippen molar-refractivity contribution < 1.29 is 23.2 Å². The van der Waals surface area contributed by atoms with Crippen LogP contribution in [0.4, 0.5) is 4.39 Å². The number of aromatic nitrogens is 2. The van der Waals surface area contributed by atoms with E-state index < -0.39 is 38.0 Å². The molecule has 0 aliphatic heterocycles. The number of carbonyl (C=O) groups excluding carboxylic acids is 3. The average molecular weight is 623 g/mol. The van der Waals surface area contributed by atoms with E-state index in [2.05, 4.69) is 54.5 Å². The minimum Gasteiger partial charge on any atom is -0.412 e. The molecule has 2 N–H and O–H groups in total. The third-order valence-electron chi connectivity index (χ3n) is 8.33. The number of nitrogens with zero attached hydrogens (tertiary/aromatic N) is 2. The smallest absolute Gasteiger partial charge is 0.271 e. The molecule has 1 heterocycles. The van der Waals surface area contributed by atoms with Crippen LogP contribution in [0.2, 0.25) is 18.1 Å². The van der Waals surface area contributed by atoms with Gasteiger partial charge in [-0.2, -0.15) is 0 Å². The maximum Gasteiger partial charge on any atom is 0.271 e. The Labute approximate surface area is 261 Å². The highest BCUT2D eigenvalue weighted by molar-refractivity contribution is 6.74. The fourth-order valence-electron chi connectivity index (χ4n) is 4.74. The molecule has 44 heavy (non-hydrogen) atoms. The van der Waals surface area contributed by atoms with E-state index in [0.29, 0.717) is 23.7 Å². The zero-order chi connectivity index (χ0) is 32.5. The lowest BCUT2D eigenvalue weighted by Crippen LogP contribution is -2.54. The summed E-state index contributed by atoms with van der Waals surface area (Å²) in [5.41, 5.74) is 0.967. The monoisotopic (exact) mass is 622 g/mol. The molecule has 2 amide bonds. The lowest BCUT2D eigenvalue weighted by molar-refractivity contribution is -0.127. The van der Waals surface area contributed by atoms with Gasteiger partial charge in [0.1, 0.15) is 17.6 Å². The van der Waals surface area contributed by atoms with Crippen LogP contribution in [0.5, 0.6) is 0 Å². The zero-order valence-electron chi connectivity index (χ0n) is 27.0. The third kappa shape index (κ3) is 10.3. The van der Waals surface area contributed by atoms with Gasteiger partial charge >= 0.3 is 0 Å². The molecule has 0 radical (unpaired) electrons. The highest BCUT2D eigenvalue weighted by Crippen LogP contribution is 2.39. The molecule has 0 fully saturated rings. The van der Waals surface area contributed by atoms with Gasteiger partial charge in [0.05, 0.1) is 35.9 Å². The van der Waals surface area contributed by atoms with Gasteiger partial charge in [-0.3, -0.25) is 14.6 Å². The van der Waals surface area contributed by atoms with Gasteiger partial charge in [-0.05, 0) is 75.4 Å². The van der Waals surface area contributed by atoms with Crippen molar-refractivity contribution in [2.24, 2.45) is 5.92 Å². The summed E-state index contributed by atoms with van der Waals surface area (Å²) in [7, 11) is -2.44. The summed E-state index contributed by atoms with van der Waals surface area (Å²) in [6, 6.07) is 16.6. The average Bonchev–Trinajstić information content (AvgIpc) is 2.96. The zero-order valence-corrected chi connectivity index (χ0v) is 28.0. The van der Waals surface area contributed by atoms with Crippen LogP contribution in [-0.4, -0.2) is 60.7 Å². The summed E-state index contributed by atoms with van der Waals surface area (Å²) >= 11 is 0. The standard InChI is InChI=1S/C34H47FN4O4Si/c1-33(2,3)44(6,7)43-30(22-25(17-18-34(4,5)35)31(41)36-19-20-40)28(21-24-13-9-8-10-14-24)39-32(42)29-23-37-26-15-11-12-16-27(26)38-29/h8-16,20,23,25,28,30H,17-19,21-22H2,1-7H3,(H,36,41)(H,39,42). The number of alkyl halides is 1. The van der Waals surface area contributed by atoms with Crippen molar-refractivity contribution in [2.75, 3.05) is 6.54 Å². The predicted molar refractivity (Wildman–Crippen MR) is 175 cm³/mol. The molecule has 0 saturated carbocycles. The molecule has 0 spiro atoms. The van der Waals surface area contributed by atoms with E-state index in [9.17, 15) is 18.8 Å². The van der Waals surface area contributed by atoms with Gasteiger partial charge in [0, 0.05) is 5.92 Å². The molecule has 2 aromatic carbocycles. The predicted octanol–water partition coefficient (Wildman–Crippen LogP) is 6.21. The van der Waals surface area contributed by atoms with E-state index >= 15 is 0 Å². The van der Waals surface area contributed by atoms with Crippen molar-refractivity contribution in [2.45, 2.75) is 96.2 Å². The fraction of sp³-hybridized carbons (Fsp3) is 0.500. The van der Waals surface area contributed by atoms with E-state index in [0.717, 1.165) is 5.56 Å². The van der Waals surface area contributed by atoms with Crippen LogP contribution in [0.1, 0.15) is 69.9 Å². The summed E-state index contributed by atoms with van der Waals surface area (Å²) in [5, 5.41) is 5.67. The van der Waals surface area contributed by atoms with E-state index in [-0.39, 0.29) is 42.4 Å². The fourth-order valence-corrected chi connectivity index (χ4v) is 6.11. The van der Waals surface area contributed by atoms with Gasteiger partial charge in [-0.1, -0.05) is 63.2 Å². The number of hydrogen-bond donors (Lipinski definition) is 2. The van der Waals surface area contributed by atoms with Crippen LogP contribution >= 0.6 is 0 Å². The van der Waals surface area contributed by atoms with Gasteiger partial charge < -0.3 is 19.9 Å². The van der Waals surface area contributed by atoms with Crippen LogP contribution in [0.25, 0.3) is 11.0 Å². The number of rotatable bonds is 15. The molecule has 238 valence electrons. The van der Waals surface area contributed by atoms with Crippen molar-refractivity contribution in [3.63, 3.8) is 0 Å². The van der Waals surface area contributed by atoms with E-state index in [1.165, 1.54) is 20.0 Å². The molecule has 0 bridgehead atoms. The van der Waals surface area contributed by atoms with Crippen molar-refractivity contribution in [3.05, 3.63) is 72.1 Å². The summed E-state index contributed by atoms with van der Waals surface area (Å²) in [4.78, 5) is 47.1. The molecular formula is C34H47FN4O4Si. The minimum atomic E-state index is -2.44. The number of hydrogen-bond acceptors (Lipinski definition) is 6. The van der Waals surface area contributed by atoms with E-state index in [1.54, 1.807) is 6.07 Å². The van der Waals surface area contributed by atoms with Gasteiger partial charge in [0.15, 0.2) is 8.32 Å². The SMILES string of the molecule is CC(C)(F)CCC(CC(O[Si](C)(C)C(C)(C)C)C(Cc1ccccc1)NC(=O)c1cnc2ccccc2n1)C(=O)NCC=O. The number of fused-ring (bicyclic) bond motifs is 1. The molecule has 10 heteroatoms. The number of benzene rings is 2. The lowest BCUT2D eigenvalue weighted by Gasteiger charge is -2.42. The van der Waals surface area contributed by atoms with Gasteiger partial charge in [0.2, 0.25) is 5.91 Å². The number of aldehydes is 1. The first-order valence-electron chi connectivity index (χ1n) is 15.2. The molecular weight excluding hydrogens is 575 g/mol. The first kappa shape index (κ1) is 35.0. The summed E-state index contributed by atoms with van der Waals surface area (Å²) < 4.78 is 21.7. The Bertz CT molecular complexity index is 1410. The number of carbonyl (C=O) groups is 3. The van der Waals surface area contributed by atoms with Crippen LogP contribution in [-0.2, 0) is 20.4 Å². The Kier molecular flexibility index (Phi) is 11.9. The quantitative estimate of drug-likeness (QED) is 0.154. The van der Waals surface area contributed by atoms with Crippen molar-refractivity contribution >= 4 is 37.5 Å². The van der Waals surface area contributed by atoms with Crippen LogP contribution in [0.3, 0.4) is 0 Å². The van der Waals surface area contributed by atoms with Crippen LogP contribution in [0, 0.1) is 5.92 Å². The lowest BCUT2D eigenvalue weighted by atomic mass is 9.87. The second-order valence-corrected chi connectivity index (χ2v) is 18.3. The molecule has 1 aromatic heterocycles. The van der Waals surface area contributed by atoms with Crippen LogP contribution < -0.4 is 10.6 Å². The maximum absolute atomic E-state index is 14.7. The maximum atomic E-state index is 14.7. The van der Waals surface area contributed by atoms with E-state index in [1.807, 2.05) is 48.5 Å². The third-order valence-corrected chi connectivity index (χ3v) is 12.8. The highest BCUT2D eigenvalue weighted by atomic mass is 28.4. The first-order chi connectivity index (χ1) is 20.6. The van der Waals surface area contributed by atoms with Crippen molar-refractivity contribution in [3.8, 4) is 0 Å². The number of amides is 2. The normalized spacial score (nSPS) is 14.5. The topological polar surface area (TPSA) is 110 Å². The first-order valence-corrected chi connectivity index (χ1v) is 18.1. The summed E-state index contributed by atoms with van der Waals surface area (Å²) in [6.07, 6.45) is 2.57. The summed E-state index contributed by atoms with van der Waals surface area (Å²) in [5.74, 6) is -1.38. The minimum absolute atomic E-state index is 0.132.